The molecule has 0 unspecified atom stereocenters. The molecule has 1 aromatic heterocycles. The standard InChI is InChI=1S/C22H26N4O5S/c1-22(2,3)21-25-19(26-31-21)15-8-10-17(11-9-15)24-20(27)16-6-5-7-18(14-16)32(28,29)23-12-13-30-4/h5-11,14,23H,12-13H2,1-4H3,(H,24,27). The van der Waals surface area contributed by atoms with Crippen LogP contribution in [0.5, 0.6) is 0 Å². The van der Waals surface area contributed by atoms with E-state index in [9.17, 15) is 13.2 Å². The Bertz CT molecular complexity index is 1180. The molecule has 3 rings (SSSR count). The van der Waals surface area contributed by atoms with Gasteiger partial charge in [0.1, 0.15) is 0 Å². The van der Waals surface area contributed by atoms with E-state index in [1.54, 1.807) is 30.3 Å². The van der Waals surface area contributed by atoms with E-state index in [1.165, 1.54) is 25.3 Å². The van der Waals surface area contributed by atoms with E-state index >= 15 is 0 Å². The number of hydrogen-bond donors (Lipinski definition) is 2. The lowest BCUT2D eigenvalue weighted by atomic mass is 9.97. The van der Waals surface area contributed by atoms with E-state index in [4.69, 9.17) is 9.26 Å². The van der Waals surface area contributed by atoms with E-state index in [1.807, 2.05) is 20.8 Å². The molecule has 0 aliphatic heterocycles. The third kappa shape index (κ3) is 5.78. The van der Waals surface area contributed by atoms with Crippen LogP contribution in [0.2, 0.25) is 0 Å². The van der Waals surface area contributed by atoms with Gasteiger partial charge in [-0.2, -0.15) is 4.98 Å². The fourth-order valence-electron chi connectivity index (χ4n) is 2.72. The topological polar surface area (TPSA) is 123 Å². The lowest BCUT2D eigenvalue weighted by Gasteiger charge is -2.10. The Kier molecular flexibility index (Phi) is 7.07. The first kappa shape index (κ1) is 23.6. The van der Waals surface area contributed by atoms with Crippen molar-refractivity contribution in [2.75, 3.05) is 25.6 Å². The molecule has 0 atom stereocenters. The minimum Gasteiger partial charge on any atom is -0.383 e. The van der Waals surface area contributed by atoms with Gasteiger partial charge in [0, 0.05) is 35.9 Å². The highest BCUT2D eigenvalue weighted by molar-refractivity contribution is 7.89. The molecule has 0 aliphatic carbocycles. The Hall–Kier alpha value is -3.08. The predicted octanol–water partition coefficient (Wildman–Crippen LogP) is 3.21. The van der Waals surface area contributed by atoms with Crippen molar-refractivity contribution in [1.29, 1.82) is 0 Å². The maximum atomic E-state index is 12.6. The molecule has 0 spiro atoms. The summed E-state index contributed by atoms with van der Waals surface area (Å²) in [5, 5.41) is 6.77. The number of carbonyl (C=O) groups excluding carboxylic acids is 1. The quantitative estimate of drug-likeness (QED) is 0.497. The van der Waals surface area contributed by atoms with Gasteiger partial charge in [-0.3, -0.25) is 4.79 Å². The summed E-state index contributed by atoms with van der Waals surface area (Å²) in [5.41, 5.74) is 1.26. The normalized spacial score (nSPS) is 12.0. The van der Waals surface area contributed by atoms with Crippen LogP contribution in [0.15, 0.2) is 57.9 Å². The molecular formula is C22H26N4O5S. The Morgan fingerprint density at radius 1 is 1.12 bits per heavy atom. The molecule has 2 aromatic carbocycles. The fraction of sp³-hybridized carbons (Fsp3) is 0.318. The highest BCUT2D eigenvalue weighted by atomic mass is 32.2. The van der Waals surface area contributed by atoms with Crippen LogP contribution >= 0.6 is 0 Å². The first-order valence-corrected chi connectivity index (χ1v) is 11.4. The number of ether oxygens (including phenoxy) is 1. The molecule has 10 heteroatoms. The number of methoxy groups -OCH3 is 1. The van der Waals surface area contributed by atoms with Gasteiger partial charge >= 0.3 is 0 Å². The van der Waals surface area contributed by atoms with Crippen LogP contribution in [-0.2, 0) is 20.2 Å². The number of nitrogens with one attached hydrogen (secondary N) is 2. The van der Waals surface area contributed by atoms with Crippen LogP contribution in [0.4, 0.5) is 5.69 Å². The van der Waals surface area contributed by atoms with E-state index in [0.29, 0.717) is 17.4 Å². The van der Waals surface area contributed by atoms with Crippen LogP contribution in [0.1, 0.15) is 37.0 Å². The summed E-state index contributed by atoms with van der Waals surface area (Å²) in [6, 6.07) is 12.8. The van der Waals surface area contributed by atoms with Gasteiger partial charge < -0.3 is 14.6 Å². The Morgan fingerprint density at radius 3 is 2.47 bits per heavy atom. The highest BCUT2D eigenvalue weighted by Gasteiger charge is 2.22. The molecule has 0 fully saturated rings. The summed E-state index contributed by atoms with van der Waals surface area (Å²) < 4.78 is 37.3. The second-order valence-corrected chi connectivity index (χ2v) is 9.89. The van der Waals surface area contributed by atoms with Crippen LogP contribution < -0.4 is 10.0 Å². The maximum absolute atomic E-state index is 12.6. The molecule has 2 N–H and O–H groups in total. The largest absolute Gasteiger partial charge is 0.383 e. The van der Waals surface area contributed by atoms with Crippen LogP contribution in [0, 0.1) is 0 Å². The van der Waals surface area contributed by atoms with Crippen molar-refractivity contribution in [3.63, 3.8) is 0 Å². The average molecular weight is 459 g/mol. The summed E-state index contributed by atoms with van der Waals surface area (Å²) in [6.45, 7) is 6.34. The molecule has 0 aliphatic rings. The Morgan fingerprint density at radius 2 is 1.84 bits per heavy atom. The van der Waals surface area contributed by atoms with Crippen molar-refractivity contribution in [3.8, 4) is 11.4 Å². The lowest BCUT2D eigenvalue weighted by molar-refractivity contribution is 0.102. The van der Waals surface area contributed by atoms with Gasteiger partial charge in [-0.25, -0.2) is 13.1 Å². The van der Waals surface area contributed by atoms with Gasteiger partial charge in [-0.15, -0.1) is 0 Å². The van der Waals surface area contributed by atoms with Gasteiger partial charge in [-0.05, 0) is 42.5 Å². The zero-order valence-electron chi connectivity index (χ0n) is 18.4. The van der Waals surface area contributed by atoms with E-state index in [2.05, 4.69) is 20.2 Å². The third-order valence-corrected chi connectivity index (χ3v) is 5.93. The number of amides is 1. The minimum atomic E-state index is -3.74. The molecule has 1 heterocycles. The van der Waals surface area contributed by atoms with Crippen LogP contribution in [-0.4, -0.2) is 44.7 Å². The first-order chi connectivity index (χ1) is 15.1. The zero-order valence-corrected chi connectivity index (χ0v) is 19.2. The highest BCUT2D eigenvalue weighted by Crippen LogP contribution is 2.24. The number of benzene rings is 2. The zero-order chi connectivity index (χ0) is 23.4. The smallest absolute Gasteiger partial charge is 0.255 e. The number of nitrogens with zero attached hydrogens (tertiary/aromatic N) is 2. The Labute approximate surface area is 187 Å². The summed E-state index contributed by atoms with van der Waals surface area (Å²) >= 11 is 0. The van der Waals surface area contributed by atoms with Gasteiger partial charge in [-0.1, -0.05) is 32.0 Å². The maximum Gasteiger partial charge on any atom is 0.255 e. The van der Waals surface area contributed by atoms with Gasteiger partial charge in [0.2, 0.25) is 21.7 Å². The molecule has 9 nitrogen and oxygen atoms in total. The van der Waals surface area contributed by atoms with Gasteiger partial charge in [0.25, 0.3) is 5.91 Å². The minimum absolute atomic E-state index is 0.00311. The average Bonchev–Trinajstić information content (AvgIpc) is 3.25. The van der Waals surface area contributed by atoms with Gasteiger partial charge in [0.15, 0.2) is 0 Å². The van der Waals surface area contributed by atoms with Crippen molar-refractivity contribution in [3.05, 3.63) is 60.0 Å². The summed E-state index contributed by atoms with van der Waals surface area (Å²) in [7, 11) is -2.26. The van der Waals surface area contributed by atoms with E-state index in [0.717, 1.165) is 5.56 Å². The predicted molar refractivity (Wildman–Crippen MR) is 120 cm³/mol. The number of rotatable bonds is 8. The van der Waals surface area contributed by atoms with Gasteiger partial charge in [0.05, 0.1) is 11.5 Å². The molecule has 0 saturated heterocycles. The molecular weight excluding hydrogens is 432 g/mol. The van der Waals surface area contributed by atoms with Crippen molar-refractivity contribution in [1.82, 2.24) is 14.9 Å². The van der Waals surface area contributed by atoms with Crippen LogP contribution in [0.3, 0.4) is 0 Å². The number of carbonyl (C=O) groups is 1. The van der Waals surface area contributed by atoms with Crippen LogP contribution in [0.25, 0.3) is 11.4 Å². The fourth-order valence-corrected chi connectivity index (χ4v) is 3.78. The summed E-state index contributed by atoms with van der Waals surface area (Å²) in [5.74, 6) is 0.573. The Balaban J connectivity index is 1.70. The molecule has 3 aromatic rings. The second kappa shape index (κ2) is 9.60. The monoisotopic (exact) mass is 458 g/mol. The summed E-state index contributed by atoms with van der Waals surface area (Å²) in [4.78, 5) is 17.1. The SMILES string of the molecule is COCCNS(=O)(=O)c1cccc(C(=O)Nc2ccc(-c3noc(C(C)(C)C)n3)cc2)c1. The van der Waals surface area contributed by atoms with Crippen molar-refractivity contribution in [2.24, 2.45) is 0 Å². The lowest BCUT2D eigenvalue weighted by Crippen LogP contribution is -2.27. The summed E-state index contributed by atoms with van der Waals surface area (Å²) in [6.07, 6.45) is 0. The first-order valence-electron chi connectivity index (χ1n) is 9.95. The molecule has 1 amide bonds. The molecule has 0 radical (unpaired) electrons. The number of anilines is 1. The van der Waals surface area contributed by atoms with Crippen molar-refractivity contribution in [2.45, 2.75) is 31.1 Å². The van der Waals surface area contributed by atoms with Crippen molar-refractivity contribution >= 4 is 21.6 Å². The van der Waals surface area contributed by atoms with Crippen molar-refractivity contribution < 1.29 is 22.5 Å². The third-order valence-electron chi connectivity index (χ3n) is 4.47. The molecule has 0 saturated carbocycles. The number of aromatic nitrogens is 2. The molecule has 0 bridgehead atoms. The number of sulfonamides is 1. The second-order valence-electron chi connectivity index (χ2n) is 8.12. The van der Waals surface area contributed by atoms with E-state index in [-0.39, 0.29) is 29.0 Å². The number of hydrogen-bond acceptors (Lipinski definition) is 7. The molecule has 170 valence electrons. The molecule has 32 heavy (non-hydrogen) atoms. The van der Waals surface area contributed by atoms with E-state index < -0.39 is 15.9 Å².